The van der Waals surface area contributed by atoms with Gasteiger partial charge in [-0.3, -0.25) is 4.79 Å². The maximum absolute atomic E-state index is 12.4. The number of anilines is 1. The van der Waals surface area contributed by atoms with Gasteiger partial charge >= 0.3 is 0 Å². The smallest absolute Gasteiger partial charge is 0.224 e. The van der Waals surface area contributed by atoms with Gasteiger partial charge in [-0.1, -0.05) is 31.7 Å². The second-order valence-electron chi connectivity index (χ2n) is 7.04. The summed E-state index contributed by atoms with van der Waals surface area (Å²) in [4.78, 5) is 21.7. The highest BCUT2D eigenvalue weighted by Crippen LogP contribution is 2.27. The van der Waals surface area contributed by atoms with Crippen LogP contribution in [0.4, 0.5) is 5.82 Å². The normalized spacial score (nSPS) is 10.9. The van der Waals surface area contributed by atoms with Crippen LogP contribution in [-0.2, 0) is 17.8 Å². The van der Waals surface area contributed by atoms with Crippen LogP contribution in [0.2, 0.25) is 0 Å². The topological polar surface area (TPSA) is 103 Å². The predicted octanol–water partition coefficient (Wildman–Crippen LogP) is 3.14. The first-order valence-electron chi connectivity index (χ1n) is 10.7. The Bertz CT molecular complexity index is 1060. The van der Waals surface area contributed by atoms with Gasteiger partial charge in [0.2, 0.25) is 5.91 Å². The monoisotopic (exact) mass is 458 g/mol. The van der Waals surface area contributed by atoms with Gasteiger partial charge in [0.1, 0.15) is 5.82 Å². The van der Waals surface area contributed by atoms with E-state index in [9.17, 15) is 4.79 Å². The molecule has 10 heteroatoms. The van der Waals surface area contributed by atoms with E-state index in [0.29, 0.717) is 24.6 Å². The van der Waals surface area contributed by atoms with Crippen LogP contribution >= 0.6 is 11.8 Å². The minimum atomic E-state index is -0.0733. The van der Waals surface area contributed by atoms with Gasteiger partial charge in [0, 0.05) is 13.1 Å². The molecular weight excluding hydrogens is 428 g/mol. The van der Waals surface area contributed by atoms with Gasteiger partial charge in [0.05, 0.1) is 38.8 Å². The molecule has 9 nitrogen and oxygen atoms in total. The molecule has 0 saturated heterocycles. The Hall–Kier alpha value is -3.01. The molecule has 0 aliphatic rings. The molecule has 172 valence electrons. The number of methoxy groups -OCH3 is 2. The Balaban J connectivity index is 1.64. The summed E-state index contributed by atoms with van der Waals surface area (Å²) in [7, 11) is 3.16. The van der Waals surface area contributed by atoms with Crippen LogP contribution in [0.15, 0.2) is 29.6 Å². The lowest BCUT2D eigenvalue weighted by Crippen LogP contribution is -2.29. The van der Waals surface area contributed by atoms with E-state index in [1.54, 1.807) is 38.2 Å². The number of thioether (sulfide) groups is 1. The Morgan fingerprint density at radius 3 is 2.66 bits per heavy atom. The average molecular weight is 459 g/mol. The third-order valence-corrected chi connectivity index (χ3v) is 5.48. The van der Waals surface area contributed by atoms with Gasteiger partial charge in [-0.2, -0.15) is 5.10 Å². The number of carbonyl (C=O) groups excluding carboxylic acids is 1. The predicted molar refractivity (Wildman–Crippen MR) is 127 cm³/mol. The Morgan fingerprint density at radius 1 is 1.12 bits per heavy atom. The second-order valence-corrected chi connectivity index (χ2v) is 8.27. The van der Waals surface area contributed by atoms with E-state index in [-0.39, 0.29) is 12.3 Å². The summed E-state index contributed by atoms with van der Waals surface area (Å²) in [5, 5.41) is 12.4. The van der Waals surface area contributed by atoms with Crippen molar-refractivity contribution in [3.63, 3.8) is 0 Å². The molecular formula is C22H30N6O3S. The largest absolute Gasteiger partial charge is 0.493 e. The van der Waals surface area contributed by atoms with E-state index in [0.717, 1.165) is 46.3 Å². The average Bonchev–Trinajstić information content (AvgIpc) is 3.20. The molecule has 1 aromatic carbocycles. The lowest BCUT2D eigenvalue weighted by Gasteiger charge is -2.10. The molecule has 0 unspecified atom stereocenters. The number of ether oxygens (including phenoxy) is 2. The van der Waals surface area contributed by atoms with Crippen molar-refractivity contribution < 1.29 is 14.3 Å². The summed E-state index contributed by atoms with van der Waals surface area (Å²) in [5.74, 6) is 2.86. The summed E-state index contributed by atoms with van der Waals surface area (Å²) >= 11 is 1.59. The zero-order valence-electron chi connectivity index (χ0n) is 19.0. The number of fused-ring (bicyclic) bond motifs is 1. The van der Waals surface area contributed by atoms with Crippen LogP contribution < -0.4 is 20.1 Å². The van der Waals surface area contributed by atoms with Crippen molar-refractivity contribution in [1.82, 2.24) is 25.1 Å². The van der Waals surface area contributed by atoms with E-state index in [1.807, 2.05) is 16.8 Å². The van der Waals surface area contributed by atoms with Crippen LogP contribution in [0.1, 0.15) is 25.8 Å². The van der Waals surface area contributed by atoms with Gasteiger partial charge in [-0.25, -0.2) is 14.6 Å². The van der Waals surface area contributed by atoms with Crippen molar-refractivity contribution in [1.29, 1.82) is 0 Å². The number of benzene rings is 1. The molecule has 2 aromatic heterocycles. The molecule has 0 aliphatic carbocycles. The zero-order valence-corrected chi connectivity index (χ0v) is 19.8. The molecule has 0 saturated carbocycles. The summed E-state index contributed by atoms with van der Waals surface area (Å²) in [6.45, 7) is 5.98. The number of hydrogen-bond donors (Lipinski definition) is 2. The number of aromatic nitrogens is 4. The zero-order chi connectivity index (χ0) is 22.9. The lowest BCUT2D eigenvalue weighted by atomic mass is 10.1. The molecule has 0 fully saturated rings. The fourth-order valence-corrected chi connectivity index (χ4v) is 3.78. The second kappa shape index (κ2) is 11.6. The summed E-state index contributed by atoms with van der Waals surface area (Å²) < 4.78 is 12.4. The quantitative estimate of drug-likeness (QED) is 0.315. The minimum Gasteiger partial charge on any atom is -0.493 e. The van der Waals surface area contributed by atoms with Crippen LogP contribution in [0.5, 0.6) is 11.5 Å². The van der Waals surface area contributed by atoms with Gasteiger partial charge in [-0.05, 0) is 29.9 Å². The van der Waals surface area contributed by atoms with Gasteiger partial charge in [0.15, 0.2) is 22.3 Å². The van der Waals surface area contributed by atoms with E-state index in [2.05, 4.69) is 39.5 Å². The first kappa shape index (κ1) is 23.6. The standard InChI is InChI=1S/C22H30N6O3S/c1-5-9-24-20-16-14-25-28(21(16)27-22(26-20)32-6-2)11-10-23-19(29)13-15-7-8-17(30-3)18(12-15)31-4/h7-8,12,14H,5-6,9-11,13H2,1-4H3,(H,23,29)(H,24,26,27). The van der Waals surface area contributed by atoms with Gasteiger partial charge in [0.25, 0.3) is 0 Å². The van der Waals surface area contributed by atoms with Crippen LogP contribution in [-0.4, -0.2) is 58.7 Å². The highest BCUT2D eigenvalue weighted by molar-refractivity contribution is 7.99. The number of amides is 1. The van der Waals surface area contributed by atoms with Crippen LogP contribution in [0.3, 0.4) is 0 Å². The van der Waals surface area contributed by atoms with Gasteiger partial charge < -0.3 is 20.1 Å². The van der Waals surface area contributed by atoms with Crippen LogP contribution in [0, 0.1) is 0 Å². The highest BCUT2D eigenvalue weighted by atomic mass is 32.2. The Morgan fingerprint density at radius 2 is 1.94 bits per heavy atom. The number of rotatable bonds is 12. The van der Waals surface area contributed by atoms with Gasteiger partial charge in [-0.15, -0.1) is 0 Å². The van der Waals surface area contributed by atoms with E-state index in [4.69, 9.17) is 9.47 Å². The number of nitrogens with zero attached hydrogens (tertiary/aromatic N) is 4. The molecule has 2 N–H and O–H groups in total. The fourth-order valence-electron chi connectivity index (χ4n) is 3.21. The Kier molecular flexibility index (Phi) is 8.55. The molecule has 3 rings (SSSR count). The van der Waals surface area contributed by atoms with Crippen molar-refractivity contribution in [3.05, 3.63) is 30.0 Å². The first-order chi connectivity index (χ1) is 15.6. The molecule has 3 aromatic rings. The van der Waals surface area contributed by atoms with Crippen molar-refractivity contribution in [2.45, 2.75) is 38.4 Å². The molecule has 32 heavy (non-hydrogen) atoms. The van der Waals surface area contributed by atoms with Crippen molar-refractivity contribution >= 4 is 34.5 Å². The molecule has 0 aliphatic heterocycles. The van der Waals surface area contributed by atoms with Crippen LogP contribution in [0.25, 0.3) is 11.0 Å². The maximum Gasteiger partial charge on any atom is 0.224 e. The van der Waals surface area contributed by atoms with Crippen molar-refractivity contribution in [3.8, 4) is 11.5 Å². The SMILES string of the molecule is CCCNc1nc(SCC)nc2c1cnn2CCNC(=O)Cc1ccc(OC)c(OC)c1. The summed E-state index contributed by atoms with van der Waals surface area (Å²) in [5.41, 5.74) is 1.62. The summed E-state index contributed by atoms with van der Waals surface area (Å²) in [6, 6.07) is 5.47. The summed E-state index contributed by atoms with van der Waals surface area (Å²) in [6.07, 6.45) is 3.03. The molecule has 0 radical (unpaired) electrons. The minimum absolute atomic E-state index is 0.0733. The molecule has 0 atom stereocenters. The third-order valence-electron chi connectivity index (χ3n) is 4.75. The third kappa shape index (κ3) is 5.82. The lowest BCUT2D eigenvalue weighted by molar-refractivity contribution is -0.120. The highest BCUT2D eigenvalue weighted by Gasteiger charge is 2.13. The molecule has 0 bridgehead atoms. The molecule has 2 heterocycles. The van der Waals surface area contributed by atoms with Crippen molar-refractivity contribution in [2.75, 3.05) is 38.4 Å². The van der Waals surface area contributed by atoms with Crippen molar-refractivity contribution in [2.24, 2.45) is 0 Å². The van der Waals surface area contributed by atoms with E-state index in [1.165, 1.54) is 0 Å². The number of hydrogen-bond acceptors (Lipinski definition) is 8. The maximum atomic E-state index is 12.4. The molecule has 0 spiro atoms. The molecule has 1 amide bonds. The number of carbonyl (C=O) groups is 1. The van der Waals surface area contributed by atoms with E-state index >= 15 is 0 Å². The fraction of sp³-hybridized carbons (Fsp3) is 0.455. The number of nitrogens with one attached hydrogen (secondary N) is 2. The Labute approximate surface area is 192 Å². The van der Waals surface area contributed by atoms with E-state index < -0.39 is 0 Å². The first-order valence-corrected chi connectivity index (χ1v) is 11.7.